The van der Waals surface area contributed by atoms with Crippen LogP contribution in [0.2, 0.25) is 0 Å². The Bertz CT molecular complexity index is 1070. The van der Waals surface area contributed by atoms with E-state index in [9.17, 15) is 14.4 Å². The zero-order valence-corrected chi connectivity index (χ0v) is 15.6. The first-order chi connectivity index (χ1) is 13.4. The van der Waals surface area contributed by atoms with Crippen LogP contribution >= 0.6 is 0 Å². The van der Waals surface area contributed by atoms with Gasteiger partial charge in [0.2, 0.25) is 0 Å². The third kappa shape index (κ3) is 4.76. The molecule has 0 fully saturated rings. The maximum atomic E-state index is 12.0. The Morgan fingerprint density at radius 3 is 2.64 bits per heavy atom. The highest BCUT2D eigenvalue weighted by Crippen LogP contribution is 2.19. The summed E-state index contributed by atoms with van der Waals surface area (Å²) < 4.78 is 10.6. The fourth-order valence-electron chi connectivity index (χ4n) is 2.60. The maximum absolute atomic E-state index is 12.0. The Morgan fingerprint density at radius 1 is 1.07 bits per heavy atom. The fraction of sp³-hybridized carbons (Fsp3) is 0.190. The third-order valence-corrected chi connectivity index (χ3v) is 4.03. The molecule has 0 unspecified atom stereocenters. The molecule has 7 nitrogen and oxygen atoms in total. The number of carbonyl (C=O) groups excluding carboxylic acids is 2. The quantitative estimate of drug-likeness (QED) is 0.662. The topological polar surface area (TPSA) is 88.9 Å². The molecule has 144 valence electrons. The van der Waals surface area contributed by atoms with Gasteiger partial charge in [0.1, 0.15) is 11.3 Å². The van der Waals surface area contributed by atoms with Crippen molar-refractivity contribution in [2.45, 2.75) is 6.54 Å². The molecule has 2 aromatic carbocycles. The highest BCUT2D eigenvalue weighted by Gasteiger charge is 2.09. The standard InChI is InChI=1S/C21H20N2O5/c1-23(2)21(26)16-5-3-4-14(10-16)12-22-19(24)13-27-17-8-6-15-7-9-20(25)28-18(15)11-17/h3-11H,12-13H2,1-2H3,(H,22,24). The molecule has 0 radical (unpaired) electrons. The molecule has 28 heavy (non-hydrogen) atoms. The number of carbonyl (C=O) groups is 2. The lowest BCUT2D eigenvalue weighted by atomic mass is 10.1. The van der Waals surface area contributed by atoms with Crippen LogP contribution in [-0.4, -0.2) is 37.4 Å². The zero-order valence-electron chi connectivity index (χ0n) is 15.6. The molecule has 0 aliphatic carbocycles. The second-order valence-corrected chi connectivity index (χ2v) is 6.42. The van der Waals surface area contributed by atoms with Gasteiger partial charge in [-0.1, -0.05) is 12.1 Å². The number of benzene rings is 2. The Labute approximate surface area is 161 Å². The molecule has 0 aliphatic rings. The zero-order chi connectivity index (χ0) is 20.1. The second kappa shape index (κ2) is 8.39. The van der Waals surface area contributed by atoms with Gasteiger partial charge >= 0.3 is 5.63 Å². The van der Waals surface area contributed by atoms with E-state index in [0.717, 1.165) is 10.9 Å². The van der Waals surface area contributed by atoms with Crippen molar-refractivity contribution in [3.8, 4) is 5.75 Å². The molecule has 0 spiro atoms. The second-order valence-electron chi connectivity index (χ2n) is 6.42. The van der Waals surface area contributed by atoms with Crippen LogP contribution in [0, 0.1) is 0 Å². The Balaban J connectivity index is 1.56. The summed E-state index contributed by atoms with van der Waals surface area (Å²) in [4.78, 5) is 36.8. The molecule has 3 rings (SSSR count). The third-order valence-electron chi connectivity index (χ3n) is 4.03. The van der Waals surface area contributed by atoms with Crippen molar-refractivity contribution >= 4 is 22.8 Å². The van der Waals surface area contributed by atoms with Crippen molar-refractivity contribution in [2.75, 3.05) is 20.7 Å². The Hall–Kier alpha value is -3.61. The van der Waals surface area contributed by atoms with Gasteiger partial charge < -0.3 is 19.4 Å². The highest BCUT2D eigenvalue weighted by molar-refractivity contribution is 5.94. The Morgan fingerprint density at radius 2 is 1.86 bits per heavy atom. The number of hydrogen-bond donors (Lipinski definition) is 1. The number of hydrogen-bond acceptors (Lipinski definition) is 5. The predicted molar refractivity (Wildman–Crippen MR) is 104 cm³/mol. The molecule has 1 N–H and O–H groups in total. The summed E-state index contributed by atoms with van der Waals surface area (Å²) in [6.45, 7) is 0.0994. The van der Waals surface area contributed by atoms with Crippen LogP contribution in [0.3, 0.4) is 0 Å². The summed E-state index contributed by atoms with van der Waals surface area (Å²) in [5, 5.41) is 3.52. The van der Waals surface area contributed by atoms with Gasteiger partial charge in [0.25, 0.3) is 11.8 Å². The lowest BCUT2D eigenvalue weighted by Crippen LogP contribution is -2.28. The molecule has 0 aliphatic heterocycles. The van der Waals surface area contributed by atoms with Gasteiger partial charge in [0, 0.05) is 43.7 Å². The van der Waals surface area contributed by atoms with Gasteiger partial charge in [-0.15, -0.1) is 0 Å². The van der Waals surface area contributed by atoms with Gasteiger partial charge in [-0.2, -0.15) is 0 Å². The summed E-state index contributed by atoms with van der Waals surface area (Å²) >= 11 is 0. The van der Waals surface area contributed by atoms with Gasteiger partial charge in [0.05, 0.1) is 0 Å². The van der Waals surface area contributed by atoms with E-state index in [1.807, 2.05) is 6.07 Å². The molecule has 7 heteroatoms. The normalized spacial score (nSPS) is 10.5. The number of fused-ring (bicyclic) bond motifs is 1. The minimum atomic E-state index is -0.447. The van der Waals surface area contributed by atoms with Crippen molar-refractivity contribution in [3.63, 3.8) is 0 Å². The Kier molecular flexibility index (Phi) is 5.74. The van der Waals surface area contributed by atoms with Crippen molar-refractivity contribution < 1.29 is 18.7 Å². The maximum Gasteiger partial charge on any atom is 0.336 e. The van der Waals surface area contributed by atoms with Crippen molar-refractivity contribution in [2.24, 2.45) is 0 Å². The first-order valence-corrected chi connectivity index (χ1v) is 8.66. The lowest BCUT2D eigenvalue weighted by Gasteiger charge is -2.12. The average molecular weight is 380 g/mol. The first kappa shape index (κ1) is 19.2. The van der Waals surface area contributed by atoms with Crippen LogP contribution in [0.5, 0.6) is 5.75 Å². The average Bonchev–Trinajstić information content (AvgIpc) is 2.69. The molecule has 1 heterocycles. The van der Waals surface area contributed by atoms with Crippen molar-refractivity contribution in [3.05, 3.63) is 76.1 Å². The van der Waals surface area contributed by atoms with Crippen LogP contribution in [0.15, 0.2) is 63.8 Å². The van der Waals surface area contributed by atoms with E-state index >= 15 is 0 Å². The number of nitrogens with one attached hydrogen (secondary N) is 1. The van der Waals surface area contributed by atoms with Gasteiger partial charge in [-0.25, -0.2) is 4.79 Å². The smallest absolute Gasteiger partial charge is 0.336 e. The lowest BCUT2D eigenvalue weighted by molar-refractivity contribution is -0.123. The molecule has 3 aromatic rings. The molecule has 1 aromatic heterocycles. The molecular formula is C21H20N2O5. The molecule has 0 bridgehead atoms. The summed E-state index contributed by atoms with van der Waals surface area (Å²) in [7, 11) is 3.37. The number of amides is 2. The number of ether oxygens (including phenoxy) is 1. The largest absolute Gasteiger partial charge is 0.484 e. The van der Waals surface area contributed by atoms with E-state index in [1.165, 1.54) is 11.0 Å². The molecule has 0 saturated heterocycles. The minimum absolute atomic E-state index is 0.0977. The summed E-state index contributed by atoms with van der Waals surface area (Å²) in [5.41, 5.74) is 1.32. The summed E-state index contributed by atoms with van der Waals surface area (Å²) in [5.74, 6) is 0.0222. The van der Waals surface area contributed by atoms with E-state index in [2.05, 4.69) is 5.32 Å². The number of nitrogens with zero attached hydrogens (tertiary/aromatic N) is 1. The molecule has 0 saturated carbocycles. The summed E-state index contributed by atoms with van der Waals surface area (Å²) in [6, 6.07) is 15.1. The molecule has 0 atom stereocenters. The monoisotopic (exact) mass is 380 g/mol. The van der Waals surface area contributed by atoms with E-state index in [0.29, 0.717) is 16.9 Å². The van der Waals surface area contributed by atoms with Gasteiger partial charge in [-0.3, -0.25) is 9.59 Å². The fourth-order valence-corrected chi connectivity index (χ4v) is 2.60. The minimum Gasteiger partial charge on any atom is -0.484 e. The predicted octanol–water partition coefficient (Wildman–Crippen LogP) is 2.19. The van der Waals surface area contributed by atoms with E-state index in [1.54, 1.807) is 56.6 Å². The molecular weight excluding hydrogens is 360 g/mol. The number of rotatable bonds is 6. The van der Waals surface area contributed by atoms with Crippen LogP contribution < -0.4 is 15.7 Å². The van der Waals surface area contributed by atoms with E-state index in [4.69, 9.17) is 9.15 Å². The van der Waals surface area contributed by atoms with E-state index < -0.39 is 5.63 Å². The summed E-state index contributed by atoms with van der Waals surface area (Å²) in [6.07, 6.45) is 0. The van der Waals surface area contributed by atoms with Crippen molar-refractivity contribution in [1.82, 2.24) is 10.2 Å². The highest BCUT2D eigenvalue weighted by atomic mass is 16.5. The first-order valence-electron chi connectivity index (χ1n) is 8.66. The van der Waals surface area contributed by atoms with Gasteiger partial charge in [0.15, 0.2) is 6.61 Å². The van der Waals surface area contributed by atoms with E-state index in [-0.39, 0.29) is 25.0 Å². The SMILES string of the molecule is CN(C)C(=O)c1cccc(CNC(=O)COc2ccc3ccc(=O)oc3c2)c1. The van der Waals surface area contributed by atoms with Crippen molar-refractivity contribution in [1.29, 1.82) is 0 Å². The molecule has 2 amide bonds. The van der Waals surface area contributed by atoms with Gasteiger partial charge in [-0.05, 0) is 35.9 Å². The van der Waals surface area contributed by atoms with Crippen LogP contribution in [-0.2, 0) is 11.3 Å². The van der Waals surface area contributed by atoms with Crippen LogP contribution in [0.25, 0.3) is 11.0 Å². The van der Waals surface area contributed by atoms with Crippen LogP contribution in [0.4, 0.5) is 0 Å². The van der Waals surface area contributed by atoms with Crippen LogP contribution in [0.1, 0.15) is 15.9 Å².